The molecule has 1 amide bonds. The van der Waals surface area contributed by atoms with E-state index in [1.807, 2.05) is 24.4 Å². The predicted molar refractivity (Wildman–Crippen MR) is 103 cm³/mol. The number of nitrogens with two attached hydrogens (primary N) is 1. The molecule has 134 valence electrons. The van der Waals surface area contributed by atoms with Gasteiger partial charge >= 0.3 is 0 Å². The van der Waals surface area contributed by atoms with E-state index in [1.54, 1.807) is 0 Å². The van der Waals surface area contributed by atoms with Crippen LogP contribution in [0.25, 0.3) is 10.9 Å². The second-order valence-corrected chi connectivity index (χ2v) is 6.01. The van der Waals surface area contributed by atoms with Crippen molar-refractivity contribution in [2.24, 2.45) is 5.73 Å². The van der Waals surface area contributed by atoms with E-state index in [9.17, 15) is 4.79 Å². The molecule has 2 aromatic rings. The van der Waals surface area contributed by atoms with Crippen LogP contribution in [0.3, 0.4) is 0 Å². The van der Waals surface area contributed by atoms with Gasteiger partial charge in [0.2, 0.25) is 5.91 Å². The zero-order chi connectivity index (χ0) is 15.4. The summed E-state index contributed by atoms with van der Waals surface area (Å²) >= 11 is 0. The number of halogens is 2. The van der Waals surface area contributed by atoms with Gasteiger partial charge in [-0.3, -0.25) is 4.79 Å². The predicted octanol–water partition coefficient (Wildman–Crippen LogP) is 2.09. The van der Waals surface area contributed by atoms with Gasteiger partial charge in [0.15, 0.2) is 0 Å². The van der Waals surface area contributed by atoms with Gasteiger partial charge in [0.05, 0.1) is 6.04 Å². The van der Waals surface area contributed by atoms with E-state index in [0.717, 1.165) is 36.1 Å². The smallest absolute Gasteiger partial charge is 0.237 e. The van der Waals surface area contributed by atoms with Crippen molar-refractivity contribution < 1.29 is 4.79 Å². The molecule has 24 heavy (non-hydrogen) atoms. The number of rotatable bonds is 6. The first-order chi connectivity index (χ1) is 10.7. The molecule has 0 unspecified atom stereocenters. The molecule has 1 aromatic carbocycles. The molecule has 0 bridgehead atoms. The molecule has 0 spiro atoms. The molecule has 1 aromatic heterocycles. The lowest BCUT2D eigenvalue weighted by Gasteiger charge is -2.16. The van der Waals surface area contributed by atoms with Crippen molar-refractivity contribution in [1.29, 1.82) is 0 Å². The number of carbonyl (C=O) groups is 1. The van der Waals surface area contributed by atoms with Gasteiger partial charge in [-0.15, -0.1) is 24.8 Å². The molecule has 1 saturated heterocycles. The number of nitrogens with zero attached hydrogens (tertiary/aromatic N) is 1. The fourth-order valence-electron chi connectivity index (χ4n) is 3.10. The number of H-pyrrole nitrogens is 1. The summed E-state index contributed by atoms with van der Waals surface area (Å²) in [7, 11) is 0. The number of hydrogen-bond acceptors (Lipinski definition) is 3. The molecule has 1 atom stereocenters. The molecule has 1 aliphatic heterocycles. The first kappa shape index (κ1) is 20.8. The standard InChI is InChI=1S/C17H24N4O.2ClH/c18-15(17(22)19-7-10-21-8-3-4-9-21)11-13-12-20-16-6-2-1-5-14(13)16;;/h1-2,5-6,12,15,20H,3-4,7-11,18H2,(H,19,22);2*1H/t15-;;/m0../s1. The Morgan fingerprint density at radius 2 is 1.96 bits per heavy atom. The Hall–Kier alpha value is -1.27. The van der Waals surface area contributed by atoms with Crippen LogP contribution in [0.4, 0.5) is 0 Å². The van der Waals surface area contributed by atoms with Crippen molar-refractivity contribution in [2.45, 2.75) is 25.3 Å². The molecular weight excluding hydrogens is 347 g/mol. The topological polar surface area (TPSA) is 74.1 Å². The van der Waals surface area contributed by atoms with Crippen molar-refractivity contribution in [3.63, 3.8) is 0 Å². The molecule has 1 fully saturated rings. The number of aromatic amines is 1. The lowest BCUT2D eigenvalue weighted by atomic mass is 10.1. The highest BCUT2D eigenvalue weighted by Crippen LogP contribution is 2.18. The number of carbonyl (C=O) groups excluding carboxylic acids is 1. The number of para-hydroxylation sites is 1. The highest BCUT2D eigenvalue weighted by molar-refractivity contribution is 5.86. The Kier molecular flexibility index (Phi) is 8.56. The third kappa shape index (κ3) is 5.11. The van der Waals surface area contributed by atoms with Crippen molar-refractivity contribution in [3.05, 3.63) is 36.0 Å². The van der Waals surface area contributed by atoms with E-state index in [2.05, 4.69) is 21.3 Å². The van der Waals surface area contributed by atoms with Gasteiger partial charge < -0.3 is 20.9 Å². The van der Waals surface area contributed by atoms with Crippen LogP contribution in [-0.4, -0.2) is 48.0 Å². The molecule has 3 rings (SSSR count). The van der Waals surface area contributed by atoms with Crippen LogP contribution in [0, 0.1) is 0 Å². The van der Waals surface area contributed by atoms with Crippen molar-refractivity contribution in [1.82, 2.24) is 15.2 Å². The van der Waals surface area contributed by atoms with E-state index >= 15 is 0 Å². The summed E-state index contributed by atoms with van der Waals surface area (Å²) in [6.45, 7) is 3.90. The molecular formula is C17H26Cl2N4O. The van der Waals surface area contributed by atoms with Gasteiger partial charge in [0, 0.05) is 30.2 Å². The quantitative estimate of drug-likeness (QED) is 0.726. The van der Waals surface area contributed by atoms with Gasteiger partial charge in [-0.05, 0) is 44.0 Å². The minimum Gasteiger partial charge on any atom is -0.361 e. The first-order valence-corrected chi connectivity index (χ1v) is 8.04. The van der Waals surface area contributed by atoms with Crippen LogP contribution < -0.4 is 11.1 Å². The summed E-state index contributed by atoms with van der Waals surface area (Å²) in [6, 6.07) is 7.58. The first-order valence-electron chi connectivity index (χ1n) is 8.04. The summed E-state index contributed by atoms with van der Waals surface area (Å²) in [5.41, 5.74) is 8.23. The minimum atomic E-state index is -0.502. The number of likely N-dealkylation sites (tertiary alicyclic amines) is 1. The summed E-state index contributed by atoms with van der Waals surface area (Å²) in [6.07, 6.45) is 5.05. The monoisotopic (exact) mass is 372 g/mol. The number of hydrogen-bond donors (Lipinski definition) is 3. The maximum atomic E-state index is 12.1. The van der Waals surface area contributed by atoms with Crippen LogP contribution in [-0.2, 0) is 11.2 Å². The van der Waals surface area contributed by atoms with E-state index in [1.165, 1.54) is 12.8 Å². The SMILES string of the molecule is Cl.Cl.N[C@@H](Cc1c[nH]c2ccccc12)C(=O)NCCN1CCCC1. The largest absolute Gasteiger partial charge is 0.361 e. The van der Waals surface area contributed by atoms with E-state index < -0.39 is 6.04 Å². The summed E-state index contributed by atoms with van der Waals surface area (Å²) in [5.74, 6) is -0.0653. The Labute approximate surface area is 155 Å². The van der Waals surface area contributed by atoms with Crippen molar-refractivity contribution in [2.75, 3.05) is 26.2 Å². The van der Waals surface area contributed by atoms with E-state index in [4.69, 9.17) is 5.73 Å². The van der Waals surface area contributed by atoms with Gasteiger partial charge in [0.25, 0.3) is 0 Å². The summed E-state index contributed by atoms with van der Waals surface area (Å²) < 4.78 is 0. The summed E-state index contributed by atoms with van der Waals surface area (Å²) in [4.78, 5) is 17.7. The van der Waals surface area contributed by atoms with Gasteiger partial charge in [0.1, 0.15) is 0 Å². The van der Waals surface area contributed by atoms with Gasteiger partial charge in [-0.25, -0.2) is 0 Å². The lowest BCUT2D eigenvalue weighted by molar-refractivity contribution is -0.122. The number of nitrogens with one attached hydrogen (secondary N) is 2. The van der Waals surface area contributed by atoms with Crippen molar-refractivity contribution in [3.8, 4) is 0 Å². The second kappa shape index (κ2) is 9.89. The molecule has 0 aliphatic carbocycles. The van der Waals surface area contributed by atoms with Crippen LogP contribution in [0.2, 0.25) is 0 Å². The van der Waals surface area contributed by atoms with Crippen molar-refractivity contribution >= 4 is 41.6 Å². The van der Waals surface area contributed by atoms with Gasteiger partial charge in [-0.2, -0.15) is 0 Å². The number of aromatic nitrogens is 1. The number of amides is 1. The van der Waals surface area contributed by atoms with Crippen LogP contribution in [0.1, 0.15) is 18.4 Å². The third-order valence-electron chi connectivity index (χ3n) is 4.38. The molecule has 1 aliphatic rings. The Morgan fingerprint density at radius 1 is 1.25 bits per heavy atom. The van der Waals surface area contributed by atoms with E-state index in [0.29, 0.717) is 13.0 Å². The van der Waals surface area contributed by atoms with Gasteiger partial charge in [-0.1, -0.05) is 18.2 Å². The molecule has 2 heterocycles. The van der Waals surface area contributed by atoms with Crippen LogP contribution in [0.5, 0.6) is 0 Å². The molecule has 4 N–H and O–H groups in total. The maximum absolute atomic E-state index is 12.1. The Balaban J connectivity index is 0.00000144. The number of fused-ring (bicyclic) bond motifs is 1. The third-order valence-corrected chi connectivity index (χ3v) is 4.38. The molecule has 7 heteroatoms. The lowest BCUT2D eigenvalue weighted by Crippen LogP contribution is -2.44. The fourth-order valence-corrected chi connectivity index (χ4v) is 3.10. The normalized spacial score (nSPS) is 15.5. The average Bonchev–Trinajstić information content (AvgIpc) is 3.17. The molecule has 0 radical (unpaired) electrons. The zero-order valence-corrected chi connectivity index (χ0v) is 15.3. The van der Waals surface area contributed by atoms with Crippen LogP contribution in [0.15, 0.2) is 30.5 Å². The Morgan fingerprint density at radius 3 is 2.71 bits per heavy atom. The zero-order valence-electron chi connectivity index (χ0n) is 13.7. The summed E-state index contributed by atoms with van der Waals surface area (Å²) in [5, 5.41) is 4.10. The van der Waals surface area contributed by atoms with E-state index in [-0.39, 0.29) is 30.7 Å². The number of benzene rings is 1. The highest BCUT2D eigenvalue weighted by Gasteiger charge is 2.17. The molecule has 5 nitrogen and oxygen atoms in total. The fraction of sp³-hybridized carbons (Fsp3) is 0.471. The van der Waals surface area contributed by atoms with Crippen LogP contribution >= 0.6 is 24.8 Å². The average molecular weight is 373 g/mol. The Bertz CT molecular complexity index is 640. The maximum Gasteiger partial charge on any atom is 0.237 e. The minimum absolute atomic E-state index is 0. The molecule has 0 saturated carbocycles. The second-order valence-electron chi connectivity index (χ2n) is 6.01. The highest BCUT2D eigenvalue weighted by atomic mass is 35.5.